The lowest BCUT2D eigenvalue weighted by atomic mass is 9.99. The van der Waals surface area contributed by atoms with Crippen LogP contribution in [0.1, 0.15) is 19.3 Å². The van der Waals surface area contributed by atoms with Crippen LogP contribution in [0.25, 0.3) is 0 Å². The molecule has 0 spiro atoms. The summed E-state index contributed by atoms with van der Waals surface area (Å²) in [5.74, 6) is 6.40. The van der Waals surface area contributed by atoms with Gasteiger partial charge in [-0.3, -0.25) is 9.91 Å². The number of benzene rings is 1. The van der Waals surface area contributed by atoms with Gasteiger partial charge in [0.1, 0.15) is 0 Å². The number of nitrogen functional groups attached to an aromatic ring is 1. The van der Waals surface area contributed by atoms with Crippen LogP contribution in [0.3, 0.4) is 0 Å². The SMILES string of the molecule is Nc1ccccc1N(N)C1(N2CCCCC2)COC1. The van der Waals surface area contributed by atoms with Gasteiger partial charge in [-0.1, -0.05) is 18.6 Å². The summed E-state index contributed by atoms with van der Waals surface area (Å²) in [6, 6.07) is 7.75. The molecule has 0 aliphatic carbocycles. The van der Waals surface area contributed by atoms with Crippen LogP contribution in [-0.4, -0.2) is 36.9 Å². The molecule has 3 rings (SSSR count). The Labute approximate surface area is 114 Å². The number of anilines is 2. The van der Waals surface area contributed by atoms with E-state index in [9.17, 15) is 0 Å². The van der Waals surface area contributed by atoms with Crippen LogP contribution in [0.15, 0.2) is 24.3 Å². The second-order valence-corrected chi connectivity index (χ2v) is 5.45. The summed E-state index contributed by atoms with van der Waals surface area (Å²) in [5.41, 5.74) is 7.43. The third-order valence-electron chi connectivity index (χ3n) is 4.26. The first-order valence-corrected chi connectivity index (χ1v) is 6.96. The number of para-hydroxylation sites is 2. The first-order valence-electron chi connectivity index (χ1n) is 6.96. The van der Waals surface area contributed by atoms with E-state index in [1.165, 1.54) is 19.3 Å². The minimum atomic E-state index is -0.212. The molecule has 0 unspecified atom stereocenters. The number of likely N-dealkylation sites (tertiary alicyclic amines) is 1. The second kappa shape index (κ2) is 5.00. The summed E-state index contributed by atoms with van der Waals surface area (Å²) < 4.78 is 5.47. The van der Waals surface area contributed by atoms with Gasteiger partial charge >= 0.3 is 0 Å². The maximum atomic E-state index is 6.40. The Balaban J connectivity index is 1.87. The van der Waals surface area contributed by atoms with E-state index in [1.807, 2.05) is 29.3 Å². The highest BCUT2D eigenvalue weighted by Gasteiger charge is 2.49. The predicted octanol–water partition coefficient (Wildman–Crippen LogP) is 1.16. The van der Waals surface area contributed by atoms with Crippen molar-refractivity contribution in [1.29, 1.82) is 0 Å². The summed E-state index contributed by atoms with van der Waals surface area (Å²) in [7, 11) is 0. The Kier molecular flexibility index (Phi) is 3.35. The van der Waals surface area contributed by atoms with Crippen LogP contribution >= 0.6 is 0 Å². The number of hydrogen-bond acceptors (Lipinski definition) is 5. The van der Waals surface area contributed by atoms with Gasteiger partial charge in [-0.25, -0.2) is 5.84 Å². The summed E-state index contributed by atoms with van der Waals surface area (Å²) in [5, 5.41) is 1.82. The fourth-order valence-corrected chi connectivity index (χ4v) is 3.00. The summed E-state index contributed by atoms with van der Waals surface area (Å²) >= 11 is 0. The van der Waals surface area contributed by atoms with Gasteiger partial charge in [-0.05, 0) is 25.0 Å². The minimum absolute atomic E-state index is 0.212. The fraction of sp³-hybridized carbons (Fsp3) is 0.571. The quantitative estimate of drug-likeness (QED) is 0.486. The van der Waals surface area contributed by atoms with E-state index >= 15 is 0 Å². The van der Waals surface area contributed by atoms with E-state index in [0.717, 1.165) is 18.8 Å². The molecule has 0 aromatic heterocycles. The van der Waals surface area contributed by atoms with Crippen molar-refractivity contribution >= 4 is 11.4 Å². The van der Waals surface area contributed by atoms with Crippen molar-refractivity contribution in [3.05, 3.63) is 24.3 Å². The number of nitrogens with zero attached hydrogens (tertiary/aromatic N) is 2. The predicted molar refractivity (Wildman–Crippen MR) is 76.5 cm³/mol. The van der Waals surface area contributed by atoms with Crippen LogP contribution in [0.5, 0.6) is 0 Å². The van der Waals surface area contributed by atoms with Gasteiger partial charge in [0.05, 0.1) is 24.6 Å². The largest absolute Gasteiger partial charge is 0.397 e. The molecule has 2 saturated heterocycles. The zero-order valence-electron chi connectivity index (χ0n) is 11.2. The van der Waals surface area contributed by atoms with Crippen molar-refractivity contribution in [3.63, 3.8) is 0 Å². The van der Waals surface area contributed by atoms with Gasteiger partial charge in [-0.15, -0.1) is 0 Å². The molecule has 19 heavy (non-hydrogen) atoms. The summed E-state index contributed by atoms with van der Waals surface area (Å²) in [6.45, 7) is 3.48. The van der Waals surface area contributed by atoms with Gasteiger partial charge in [0.25, 0.3) is 0 Å². The molecule has 0 amide bonds. The summed E-state index contributed by atoms with van der Waals surface area (Å²) in [6.07, 6.45) is 3.78. The molecule has 2 aliphatic heterocycles. The minimum Gasteiger partial charge on any atom is -0.397 e. The van der Waals surface area contributed by atoms with Crippen LogP contribution in [-0.2, 0) is 4.74 Å². The molecule has 5 heteroatoms. The molecule has 2 aliphatic rings. The topological polar surface area (TPSA) is 67.8 Å². The van der Waals surface area contributed by atoms with Crippen molar-refractivity contribution in [2.24, 2.45) is 5.84 Å². The molecular weight excluding hydrogens is 240 g/mol. The average molecular weight is 262 g/mol. The molecule has 0 bridgehead atoms. The number of nitrogens with two attached hydrogens (primary N) is 2. The van der Waals surface area contributed by atoms with Crippen molar-refractivity contribution < 1.29 is 4.74 Å². The van der Waals surface area contributed by atoms with E-state index in [1.54, 1.807) is 0 Å². The molecule has 4 N–H and O–H groups in total. The zero-order valence-corrected chi connectivity index (χ0v) is 11.2. The molecule has 1 aromatic carbocycles. The lowest BCUT2D eigenvalue weighted by molar-refractivity contribution is -0.146. The molecule has 0 saturated carbocycles. The molecular formula is C14H22N4O. The first-order chi connectivity index (χ1) is 9.24. The van der Waals surface area contributed by atoms with E-state index < -0.39 is 0 Å². The van der Waals surface area contributed by atoms with Gasteiger partial charge in [0.2, 0.25) is 0 Å². The maximum Gasteiger partial charge on any atom is 0.155 e. The van der Waals surface area contributed by atoms with Gasteiger partial charge in [-0.2, -0.15) is 0 Å². The van der Waals surface area contributed by atoms with Crippen molar-refractivity contribution in [2.75, 3.05) is 37.0 Å². The molecule has 2 fully saturated rings. The van der Waals surface area contributed by atoms with E-state index in [-0.39, 0.29) is 5.66 Å². The number of ether oxygens (including phenoxy) is 1. The Hall–Kier alpha value is -1.30. The molecule has 104 valence electrons. The normalized spacial score (nSPS) is 22.8. The van der Waals surface area contributed by atoms with E-state index in [2.05, 4.69) is 4.90 Å². The number of hydrogen-bond donors (Lipinski definition) is 2. The fourth-order valence-electron chi connectivity index (χ4n) is 3.00. The van der Waals surface area contributed by atoms with Crippen LogP contribution in [0, 0.1) is 0 Å². The Morgan fingerprint density at radius 3 is 2.37 bits per heavy atom. The number of hydrazine groups is 1. The summed E-state index contributed by atoms with van der Waals surface area (Å²) in [4.78, 5) is 2.45. The van der Waals surface area contributed by atoms with Gasteiger partial charge < -0.3 is 10.5 Å². The lowest BCUT2D eigenvalue weighted by Crippen LogP contribution is -2.74. The van der Waals surface area contributed by atoms with Crippen LogP contribution in [0.4, 0.5) is 11.4 Å². The Morgan fingerprint density at radius 2 is 1.79 bits per heavy atom. The molecule has 0 atom stereocenters. The monoisotopic (exact) mass is 262 g/mol. The first kappa shape index (κ1) is 12.7. The van der Waals surface area contributed by atoms with Crippen molar-refractivity contribution in [3.8, 4) is 0 Å². The van der Waals surface area contributed by atoms with Crippen molar-refractivity contribution in [1.82, 2.24) is 4.90 Å². The maximum absolute atomic E-state index is 6.40. The Morgan fingerprint density at radius 1 is 1.11 bits per heavy atom. The number of rotatable bonds is 3. The van der Waals surface area contributed by atoms with Crippen LogP contribution < -0.4 is 16.6 Å². The highest BCUT2D eigenvalue weighted by atomic mass is 16.5. The molecule has 5 nitrogen and oxygen atoms in total. The standard InChI is InChI=1S/C14H22N4O/c15-12-6-2-3-7-13(12)18(16)14(10-19-11-14)17-8-4-1-5-9-17/h2-3,6-7H,1,4-5,8-11,15-16H2. The van der Waals surface area contributed by atoms with E-state index in [4.69, 9.17) is 16.3 Å². The van der Waals surface area contributed by atoms with Gasteiger partial charge in [0, 0.05) is 13.1 Å². The zero-order chi connectivity index (χ0) is 13.3. The second-order valence-electron chi connectivity index (χ2n) is 5.45. The van der Waals surface area contributed by atoms with Crippen molar-refractivity contribution in [2.45, 2.75) is 24.9 Å². The smallest absolute Gasteiger partial charge is 0.155 e. The number of piperidine rings is 1. The average Bonchev–Trinajstić information content (AvgIpc) is 2.39. The Bertz CT molecular complexity index is 441. The highest BCUT2D eigenvalue weighted by Crippen LogP contribution is 2.35. The lowest BCUT2D eigenvalue weighted by Gasteiger charge is -2.55. The van der Waals surface area contributed by atoms with Gasteiger partial charge in [0.15, 0.2) is 5.66 Å². The van der Waals surface area contributed by atoms with Crippen LogP contribution in [0.2, 0.25) is 0 Å². The molecule has 2 heterocycles. The molecule has 1 aromatic rings. The third-order valence-corrected chi connectivity index (χ3v) is 4.26. The molecule has 0 radical (unpaired) electrons. The third kappa shape index (κ3) is 2.08. The highest BCUT2D eigenvalue weighted by molar-refractivity contribution is 5.67. The van der Waals surface area contributed by atoms with E-state index in [0.29, 0.717) is 18.9 Å².